The Hall–Kier alpha value is -2.09. The van der Waals surface area contributed by atoms with Crippen LogP contribution in [0.15, 0.2) is 6.20 Å². The van der Waals surface area contributed by atoms with E-state index in [1.165, 1.54) is 10.6 Å². The number of aromatic nitrogens is 3. The third-order valence-electron chi connectivity index (χ3n) is 3.11. The lowest BCUT2D eigenvalue weighted by Gasteiger charge is -2.32. The number of hydrogen-bond donors (Lipinski definition) is 0. The van der Waals surface area contributed by atoms with Crippen molar-refractivity contribution in [3.05, 3.63) is 23.5 Å². The van der Waals surface area contributed by atoms with E-state index in [1.54, 1.807) is 6.92 Å². The van der Waals surface area contributed by atoms with E-state index < -0.39 is 5.95 Å². The van der Waals surface area contributed by atoms with Crippen LogP contribution in [0, 0.1) is 25.2 Å². The second-order valence-electron chi connectivity index (χ2n) is 4.09. The Kier molecular flexibility index (Phi) is 2.05. The number of nitrogens with zero attached hydrogens (tertiary/aromatic N) is 4. The van der Waals surface area contributed by atoms with Crippen molar-refractivity contribution in [3.8, 4) is 12.3 Å². The summed E-state index contributed by atoms with van der Waals surface area (Å²) < 4.78 is 15.1. The van der Waals surface area contributed by atoms with Gasteiger partial charge in [0.05, 0.1) is 11.9 Å². The second-order valence-corrected chi connectivity index (χ2v) is 4.09. The Bertz CT molecular complexity index is 634. The molecule has 0 spiro atoms. The Morgan fingerprint density at radius 1 is 1.47 bits per heavy atom. The smallest absolute Gasteiger partial charge is 0.218 e. The van der Waals surface area contributed by atoms with Crippen molar-refractivity contribution in [2.45, 2.75) is 13.3 Å². The fourth-order valence-corrected chi connectivity index (χ4v) is 2.03. The van der Waals surface area contributed by atoms with Crippen LogP contribution < -0.4 is 4.90 Å². The van der Waals surface area contributed by atoms with Gasteiger partial charge in [-0.2, -0.15) is 4.39 Å². The molecule has 0 N–H and O–H groups in total. The van der Waals surface area contributed by atoms with Gasteiger partial charge in [0.1, 0.15) is 5.69 Å². The van der Waals surface area contributed by atoms with Crippen LogP contribution in [0.5, 0.6) is 0 Å². The summed E-state index contributed by atoms with van der Waals surface area (Å²) >= 11 is 0. The minimum atomic E-state index is -0.404. The van der Waals surface area contributed by atoms with Gasteiger partial charge in [-0.25, -0.2) is 9.97 Å². The van der Waals surface area contributed by atoms with Crippen LogP contribution in [-0.2, 0) is 0 Å². The average molecular weight is 230 g/mol. The lowest BCUT2D eigenvalue weighted by molar-refractivity contribution is 0.565. The summed E-state index contributed by atoms with van der Waals surface area (Å²) in [6, 6.07) is 0. The molecule has 17 heavy (non-hydrogen) atoms. The highest BCUT2D eigenvalue weighted by Gasteiger charge is 2.22. The van der Waals surface area contributed by atoms with Crippen LogP contribution in [0.3, 0.4) is 0 Å². The molecule has 0 unspecified atom stereocenters. The molecule has 1 aliphatic rings. The molecule has 0 aliphatic carbocycles. The predicted molar refractivity (Wildman–Crippen MR) is 62.4 cm³/mol. The lowest BCUT2D eigenvalue weighted by atomic mass is 10.2. The quantitative estimate of drug-likeness (QED) is 0.694. The zero-order valence-corrected chi connectivity index (χ0v) is 9.44. The Morgan fingerprint density at radius 3 is 2.82 bits per heavy atom. The van der Waals surface area contributed by atoms with Crippen LogP contribution in [0.1, 0.15) is 17.8 Å². The van der Waals surface area contributed by atoms with Crippen LogP contribution in [0.25, 0.3) is 5.65 Å². The second kappa shape index (κ2) is 3.45. The van der Waals surface area contributed by atoms with Gasteiger partial charge in [-0.05, 0) is 19.3 Å². The minimum Gasteiger partial charge on any atom is -0.353 e. The monoisotopic (exact) mass is 230 g/mol. The molecule has 2 aromatic rings. The van der Waals surface area contributed by atoms with Crippen molar-refractivity contribution in [3.63, 3.8) is 0 Å². The van der Waals surface area contributed by atoms with E-state index in [1.807, 2.05) is 0 Å². The zero-order chi connectivity index (χ0) is 12.0. The molecule has 0 aromatic carbocycles. The zero-order valence-electron chi connectivity index (χ0n) is 9.44. The molecule has 86 valence electrons. The molecule has 3 heterocycles. The van der Waals surface area contributed by atoms with E-state index in [-0.39, 0.29) is 0 Å². The number of hydrogen-bond acceptors (Lipinski definition) is 3. The molecule has 1 saturated heterocycles. The van der Waals surface area contributed by atoms with Crippen LogP contribution >= 0.6 is 0 Å². The fraction of sp³-hybridized carbons (Fsp3) is 0.333. The van der Waals surface area contributed by atoms with Crippen LogP contribution in [0.2, 0.25) is 0 Å². The summed E-state index contributed by atoms with van der Waals surface area (Å²) in [6.07, 6.45) is 7.73. The van der Waals surface area contributed by atoms with Gasteiger partial charge in [0.2, 0.25) is 5.95 Å². The van der Waals surface area contributed by atoms with Gasteiger partial charge in [-0.1, -0.05) is 0 Å². The summed E-state index contributed by atoms with van der Waals surface area (Å²) in [6.45, 7) is 3.59. The number of aryl methyl sites for hydroxylation is 1. The van der Waals surface area contributed by atoms with Gasteiger partial charge in [0, 0.05) is 13.1 Å². The molecule has 1 fully saturated rings. The molecule has 0 atom stereocenters. The first-order valence-electron chi connectivity index (χ1n) is 5.47. The average Bonchev–Trinajstić information content (AvgIpc) is 2.62. The van der Waals surface area contributed by atoms with Gasteiger partial charge >= 0.3 is 0 Å². The summed E-state index contributed by atoms with van der Waals surface area (Å²) in [4.78, 5) is 10.5. The molecule has 4 nitrogen and oxygen atoms in total. The molecule has 3 rings (SSSR count). The van der Waals surface area contributed by atoms with Crippen LogP contribution in [0.4, 0.5) is 10.2 Å². The minimum absolute atomic E-state index is 0.404. The standard InChI is InChI=1S/C12H11FN4/c1-3-9-8(2)17-10(13)7-14-11(17)12(15-9)16-5-4-6-16/h1,7H,4-6H2,2H3. The van der Waals surface area contributed by atoms with Gasteiger partial charge in [-0.15, -0.1) is 6.42 Å². The van der Waals surface area contributed by atoms with Gasteiger partial charge in [0.15, 0.2) is 11.5 Å². The third-order valence-corrected chi connectivity index (χ3v) is 3.11. The highest BCUT2D eigenvalue weighted by atomic mass is 19.1. The van der Waals surface area contributed by atoms with Gasteiger partial charge < -0.3 is 4.90 Å². The molecule has 0 saturated carbocycles. The molecule has 0 bridgehead atoms. The Balaban J connectivity index is 2.35. The first-order chi connectivity index (χ1) is 8.22. The van der Waals surface area contributed by atoms with E-state index in [9.17, 15) is 4.39 Å². The number of halogens is 1. The number of rotatable bonds is 1. The molecular formula is C12H11FN4. The Morgan fingerprint density at radius 2 is 2.24 bits per heavy atom. The highest BCUT2D eigenvalue weighted by molar-refractivity contribution is 5.67. The largest absolute Gasteiger partial charge is 0.353 e. The molecule has 0 radical (unpaired) electrons. The molecule has 1 aliphatic heterocycles. The van der Waals surface area contributed by atoms with Gasteiger partial charge in [0.25, 0.3) is 0 Å². The molecular weight excluding hydrogens is 219 g/mol. The highest BCUT2D eigenvalue weighted by Crippen LogP contribution is 2.25. The third kappa shape index (κ3) is 1.30. The molecule has 5 heteroatoms. The number of fused-ring (bicyclic) bond motifs is 1. The van der Waals surface area contributed by atoms with Crippen molar-refractivity contribution in [2.24, 2.45) is 0 Å². The number of anilines is 1. The summed E-state index contributed by atoms with van der Waals surface area (Å²) in [5, 5.41) is 0. The maximum Gasteiger partial charge on any atom is 0.218 e. The molecule has 2 aromatic heterocycles. The predicted octanol–water partition coefficient (Wildman–Crippen LogP) is 1.37. The van der Waals surface area contributed by atoms with E-state index in [4.69, 9.17) is 6.42 Å². The summed E-state index contributed by atoms with van der Waals surface area (Å²) in [5.41, 5.74) is 1.62. The van der Waals surface area contributed by atoms with E-state index in [0.717, 1.165) is 19.5 Å². The summed E-state index contributed by atoms with van der Waals surface area (Å²) in [7, 11) is 0. The van der Waals surface area contributed by atoms with Crippen molar-refractivity contribution in [2.75, 3.05) is 18.0 Å². The normalized spacial score (nSPS) is 14.8. The summed E-state index contributed by atoms with van der Waals surface area (Å²) in [5.74, 6) is 2.77. The first kappa shape index (κ1) is 10.1. The van der Waals surface area contributed by atoms with Gasteiger partial charge in [-0.3, -0.25) is 4.40 Å². The number of terminal acetylenes is 1. The van der Waals surface area contributed by atoms with E-state index in [2.05, 4.69) is 20.8 Å². The number of imidazole rings is 1. The SMILES string of the molecule is C#Cc1nc(N2CCC2)c2ncc(F)n2c1C. The maximum atomic E-state index is 13.7. The van der Waals surface area contributed by atoms with E-state index in [0.29, 0.717) is 22.9 Å². The maximum absolute atomic E-state index is 13.7. The van der Waals surface area contributed by atoms with Crippen molar-refractivity contribution >= 4 is 11.5 Å². The van der Waals surface area contributed by atoms with E-state index >= 15 is 0 Å². The first-order valence-corrected chi connectivity index (χ1v) is 5.47. The lowest BCUT2D eigenvalue weighted by Crippen LogP contribution is -2.38. The van der Waals surface area contributed by atoms with Crippen molar-refractivity contribution in [1.82, 2.24) is 14.4 Å². The van der Waals surface area contributed by atoms with Crippen molar-refractivity contribution in [1.29, 1.82) is 0 Å². The topological polar surface area (TPSA) is 33.4 Å². The Labute approximate surface area is 98.1 Å². The molecule has 0 amide bonds. The van der Waals surface area contributed by atoms with Crippen LogP contribution in [-0.4, -0.2) is 27.5 Å². The fourth-order valence-electron chi connectivity index (χ4n) is 2.03. The van der Waals surface area contributed by atoms with Crippen molar-refractivity contribution < 1.29 is 4.39 Å².